The molecule has 2 aromatic carbocycles. The second-order valence-corrected chi connectivity index (χ2v) is 9.27. The number of benzene rings is 2. The van der Waals surface area contributed by atoms with Crippen molar-refractivity contribution in [1.29, 1.82) is 0 Å². The molecule has 6 nitrogen and oxygen atoms in total. The normalized spacial score (nSPS) is 13.0. The van der Waals surface area contributed by atoms with Crippen LogP contribution < -0.4 is 10.9 Å². The van der Waals surface area contributed by atoms with E-state index in [1.165, 1.54) is 11.8 Å². The summed E-state index contributed by atoms with van der Waals surface area (Å²) in [6, 6.07) is 15.8. The van der Waals surface area contributed by atoms with Crippen molar-refractivity contribution in [2.45, 2.75) is 63.3 Å². The highest BCUT2D eigenvalue weighted by Gasteiger charge is 2.15. The lowest BCUT2D eigenvalue weighted by Crippen LogP contribution is -2.25. The van der Waals surface area contributed by atoms with Gasteiger partial charge in [-0.3, -0.25) is 14.2 Å². The number of carbonyl (C=O) groups excluding carboxylic acids is 1. The first-order valence-electron chi connectivity index (χ1n) is 11.0. The van der Waals surface area contributed by atoms with Gasteiger partial charge in [0, 0.05) is 23.2 Å². The largest absolute Gasteiger partial charge is 0.465 e. The third kappa shape index (κ3) is 6.13. The molecule has 7 heteroatoms. The van der Waals surface area contributed by atoms with Gasteiger partial charge in [0.25, 0.3) is 5.56 Å². The second-order valence-electron chi connectivity index (χ2n) is 7.86. The van der Waals surface area contributed by atoms with Crippen molar-refractivity contribution in [3.8, 4) is 0 Å². The molecule has 0 amide bonds. The number of esters is 1. The van der Waals surface area contributed by atoms with E-state index in [2.05, 4.69) is 17.2 Å². The number of fused-ring (bicyclic) bond motifs is 1. The van der Waals surface area contributed by atoms with E-state index in [0.29, 0.717) is 18.5 Å². The van der Waals surface area contributed by atoms with E-state index in [-0.39, 0.29) is 22.8 Å². The summed E-state index contributed by atoms with van der Waals surface area (Å²) in [5.41, 5.74) is 1.81. The Kier molecular flexibility index (Phi) is 8.33. The lowest BCUT2D eigenvalue weighted by molar-refractivity contribution is -0.142. The Hall–Kier alpha value is -2.80. The van der Waals surface area contributed by atoms with Crippen LogP contribution in [0.4, 0.5) is 5.69 Å². The molecule has 3 rings (SSSR count). The molecule has 2 unspecified atom stereocenters. The Morgan fingerprint density at radius 2 is 1.88 bits per heavy atom. The summed E-state index contributed by atoms with van der Waals surface area (Å²) in [6.07, 6.45) is 1.80. The van der Waals surface area contributed by atoms with Crippen LogP contribution in [0.3, 0.4) is 0 Å². The van der Waals surface area contributed by atoms with E-state index in [9.17, 15) is 9.59 Å². The molecule has 32 heavy (non-hydrogen) atoms. The number of carbonyl (C=O) groups is 1. The van der Waals surface area contributed by atoms with Crippen molar-refractivity contribution in [1.82, 2.24) is 9.55 Å². The molecule has 0 bridgehead atoms. The van der Waals surface area contributed by atoms with Crippen molar-refractivity contribution >= 4 is 34.3 Å². The van der Waals surface area contributed by atoms with Crippen molar-refractivity contribution in [2.75, 3.05) is 11.9 Å². The number of hydrogen-bond acceptors (Lipinski definition) is 6. The Balaban J connectivity index is 1.51. The quantitative estimate of drug-likeness (QED) is 0.343. The van der Waals surface area contributed by atoms with E-state index in [1.54, 1.807) is 4.57 Å². The van der Waals surface area contributed by atoms with Gasteiger partial charge < -0.3 is 10.1 Å². The van der Waals surface area contributed by atoms with Crippen LogP contribution in [-0.2, 0) is 16.1 Å². The summed E-state index contributed by atoms with van der Waals surface area (Å²) >= 11 is 1.49. The molecule has 1 aromatic heterocycles. The minimum Gasteiger partial charge on any atom is -0.465 e. The predicted molar refractivity (Wildman–Crippen MR) is 131 cm³/mol. The Morgan fingerprint density at radius 1 is 1.16 bits per heavy atom. The Labute approximate surface area is 193 Å². The molecule has 0 aliphatic heterocycles. The zero-order valence-corrected chi connectivity index (χ0v) is 19.9. The standard InChI is InChI=1S/C25H31N3O3S/c1-5-31-25(30)18(3)32-21-14-12-20(13-15-21)26-17(2)9-8-16-28-19(4)27-23-11-7-6-10-22(23)24(28)29/h6-7,10-15,17-18,26H,5,8-9,16H2,1-4H3. The van der Waals surface area contributed by atoms with Gasteiger partial charge in [0.2, 0.25) is 0 Å². The Morgan fingerprint density at radius 3 is 2.59 bits per heavy atom. The SMILES string of the molecule is CCOC(=O)C(C)Sc1ccc(NC(C)CCCn2c(C)nc3ccccc3c2=O)cc1. The molecule has 0 radical (unpaired) electrons. The first-order valence-corrected chi connectivity index (χ1v) is 11.9. The summed E-state index contributed by atoms with van der Waals surface area (Å²) in [6.45, 7) is 8.74. The molecule has 1 heterocycles. The van der Waals surface area contributed by atoms with Gasteiger partial charge in [-0.2, -0.15) is 0 Å². The fourth-order valence-electron chi connectivity index (χ4n) is 3.60. The minimum atomic E-state index is -0.232. The molecule has 0 saturated carbocycles. The molecule has 0 spiro atoms. The van der Waals surface area contributed by atoms with Crippen LogP contribution in [0.5, 0.6) is 0 Å². The lowest BCUT2D eigenvalue weighted by Gasteiger charge is -2.17. The molecule has 2 atom stereocenters. The summed E-state index contributed by atoms with van der Waals surface area (Å²) in [5, 5.41) is 3.94. The topological polar surface area (TPSA) is 73.2 Å². The van der Waals surface area contributed by atoms with Crippen molar-refractivity contribution in [2.24, 2.45) is 0 Å². The average molecular weight is 454 g/mol. The number of hydrogen-bond donors (Lipinski definition) is 1. The maximum absolute atomic E-state index is 12.8. The third-order valence-electron chi connectivity index (χ3n) is 5.27. The fourth-order valence-corrected chi connectivity index (χ4v) is 4.46. The van der Waals surface area contributed by atoms with Crippen molar-refractivity contribution < 1.29 is 9.53 Å². The van der Waals surface area contributed by atoms with Gasteiger partial charge in [0.15, 0.2) is 0 Å². The van der Waals surface area contributed by atoms with E-state index in [1.807, 2.05) is 69.3 Å². The first-order chi connectivity index (χ1) is 15.4. The van der Waals surface area contributed by atoms with Gasteiger partial charge in [0.05, 0.1) is 17.5 Å². The van der Waals surface area contributed by atoms with E-state index < -0.39 is 0 Å². The van der Waals surface area contributed by atoms with E-state index in [0.717, 1.165) is 34.8 Å². The molecule has 0 aliphatic rings. The highest BCUT2D eigenvalue weighted by molar-refractivity contribution is 8.00. The molecule has 170 valence electrons. The number of rotatable bonds is 10. The number of ether oxygens (including phenoxy) is 1. The van der Waals surface area contributed by atoms with Crippen LogP contribution in [0.1, 0.15) is 39.4 Å². The van der Waals surface area contributed by atoms with Crippen molar-refractivity contribution in [3.05, 3.63) is 64.7 Å². The highest BCUT2D eigenvalue weighted by Crippen LogP contribution is 2.25. The first kappa shape index (κ1) is 23.9. The average Bonchev–Trinajstić information content (AvgIpc) is 2.77. The van der Waals surface area contributed by atoms with Gasteiger partial charge >= 0.3 is 5.97 Å². The van der Waals surface area contributed by atoms with Crippen LogP contribution in [0.2, 0.25) is 0 Å². The lowest BCUT2D eigenvalue weighted by atomic mass is 10.1. The fraction of sp³-hybridized carbons (Fsp3) is 0.400. The molecule has 3 aromatic rings. The van der Waals surface area contributed by atoms with E-state index >= 15 is 0 Å². The number of thioether (sulfide) groups is 1. The zero-order chi connectivity index (χ0) is 23.1. The number of aromatic nitrogens is 2. The third-order valence-corrected chi connectivity index (χ3v) is 6.36. The zero-order valence-electron chi connectivity index (χ0n) is 19.1. The maximum Gasteiger partial charge on any atom is 0.319 e. The number of para-hydroxylation sites is 1. The van der Waals surface area contributed by atoms with Crippen LogP contribution >= 0.6 is 11.8 Å². The second kappa shape index (κ2) is 11.2. The van der Waals surface area contributed by atoms with Gasteiger partial charge in [-0.25, -0.2) is 4.98 Å². The molecular weight excluding hydrogens is 422 g/mol. The maximum atomic E-state index is 12.8. The van der Waals surface area contributed by atoms with Gasteiger partial charge in [-0.15, -0.1) is 11.8 Å². The molecule has 1 N–H and O–H groups in total. The summed E-state index contributed by atoms with van der Waals surface area (Å²) in [4.78, 5) is 30.2. The van der Waals surface area contributed by atoms with Crippen LogP contribution in [0.15, 0.2) is 58.2 Å². The smallest absolute Gasteiger partial charge is 0.319 e. The number of nitrogens with one attached hydrogen (secondary N) is 1. The molecule has 0 fully saturated rings. The number of aryl methyl sites for hydroxylation is 1. The number of anilines is 1. The Bertz CT molecular complexity index is 1110. The van der Waals surface area contributed by atoms with Gasteiger partial charge in [-0.1, -0.05) is 12.1 Å². The highest BCUT2D eigenvalue weighted by atomic mass is 32.2. The predicted octanol–water partition coefficient (Wildman–Crippen LogP) is 5.03. The van der Waals surface area contributed by atoms with Crippen LogP contribution in [0, 0.1) is 6.92 Å². The molecule has 0 saturated heterocycles. The van der Waals surface area contributed by atoms with Crippen LogP contribution in [-0.4, -0.2) is 33.4 Å². The summed E-state index contributed by atoms with van der Waals surface area (Å²) in [5.74, 6) is 0.559. The number of nitrogens with zero attached hydrogens (tertiary/aromatic N) is 2. The molecular formula is C25H31N3O3S. The molecule has 0 aliphatic carbocycles. The van der Waals surface area contributed by atoms with Crippen LogP contribution in [0.25, 0.3) is 10.9 Å². The van der Waals surface area contributed by atoms with Crippen molar-refractivity contribution in [3.63, 3.8) is 0 Å². The van der Waals surface area contributed by atoms with Gasteiger partial charge in [0.1, 0.15) is 11.1 Å². The summed E-state index contributed by atoms with van der Waals surface area (Å²) < 4.78 is 6.83. The summed E-state index contributed by atoms with van der Waals surface area (Å²) in [7, 11) is 0. The monoisotopic (exact) mass is 453 g/mol. The minimum absolute atomic E-state index is 0.0267. The van der Waals surface area contributed by atoms with Gasteiger partial charge in [-0.05, 0) is 76.9 Å². The van der Waals surface area contributed by atoms with E-state index in [4.69, 9.17) is 4.74 Å².